The highest BCUT2D eigenvalue weighted by Crippen LogP contribution is 2.26. The number of sulfonamides is 1. The van der Waals surface area contributed by atoms with Crippen LogP contribution in [0.2, 0.25) is 0 Å². The van der Waals surface area contributed by atoms with E-state index in [0.29, 0.717) is 22.1 Å². The van der Waals surface area contributed by atoms with Gasteiger partial charge in [0.1, 0.15) is 11.3 Å². The number of nitrogens with one attached hydrogen (secondary N) is 2. The standard InChI is InChI=1S/C16H14N4O4S2/c1-24-14-5-3-2-4-13(14)20-26(22,23)12-8-6-11(7-9-12)15(21)18-16-19-17-10-25-16/h2-10,20H,1H3,(H,18,19,21). The SMILES string of the molecule is COc1ccccc1NS(=O)(=O)c1ccc(C(=O)Nc2nncs2)cc1. The smallest absolute Gasteiger partial charge is 0.262 e. The lowest BCUT2D eigenvalue weighted by Crippen LogP contribution is -2.15. The van der Waals surface area contributed by atoms with Crippen LogP contribution in [0.1, 0.15) is 10.4 Å². The molecule has 0 atom stereocenters. The molecule has 3 aromatic rings. The molecule has 26 heavy (non-hydrogen) atoms. The van der Waals surface area contributed by atoms with Crippen LogP contribution in [0, 0.1) is 0 Å². The summed E-state index contributed by atoms with van der Waals surface area (Å²) in [6.07, 6.45) is 0. The van der Waals surface area contributed by atoms with E-state index in [1.807, 2.05) is 0 Å². The predicted molar refractivity (Wildman–Crippen MR) is 98.1 cm³/mol. The molecule has 134 valence electrons. The summed E-state index contributed by atoms with van der Waals surface area (Å²) in [6, 6.07) is 12.2. The number of methoxy groups -OCH3 is 1. The molecule has 1 amide bonds. The van der Waals surface area contributed by atoms with Crippen molar-refractivity contribution >= 4 is 38.1 Å². The zero-order valence-electron chi connectivity index (χ0n) is 13.5. The molecule has 0 spiro atoms. The minimum absolute atomic E-state index is 0.0240. The fraction of sp³-hybridized carbons (Fsp3) is 0.0625. The van der Waals surface area contributed by atoms with Gasteiger partial charge in [-0.1, -0.05) is 23.5 Å². The molecule has 0 aliphatic carbocycles. The van der Waals surface area contributed by atoms with Gasteiger partial charge in [-0.25, -0.2) is 8.42 Å². The Labute approximate surface area is 153 Å². The van der Waals surface area contributed by atoms with Gasteiger partial charge >= 0.3 is 0 Å². The molecule has 8 nitrogen and oxygen atoms in total. The van der Waals surface area contributed by atoms with Gasteiger partial charge in [0.15, 0.2) is 0 Å². The number of anilines is 2. The average molecular weight is 390 g/mol. The van der Waals surface area contributed by atoms with Gasteiger partial charge in [-0.2, -0.15) is 0 Å². The van der Waals surface area contributed by atoms with E-state index in [4.69, 9.17) is 4.74 Å². The van der Waals surface area contributed by atoms with Crippen LogP contribution in [0.3, 0.4) is 0 Å². The zero-order chi connectivity index (χ0) is 18.6. The molecule has 0 unspecified atom stereocenters. The van der Waals surface area contributed by atoms with Crippen molar-refractivity contribution in [1.29, 1.82) is 0 Å². The normalized spacial score (nSPS) is 11.0. The van der Waals surface area contributed by atoms with Crippen molar-refractivity contribution in [1.82, 2.24) is 10.2 Å². The Morgan fingerprint density at radius 1 is 1.12 bits per heavy atom. The second-order valence-corrected chi connectivity index (χ2v) is 7.54. The summed E-state index contributed by atoms with van der Waals surface area (Å²) < 4.78 is 32.7. The highest BCUT2D eigenvalue weighted by Gasteiger charge is 2.17. The molecule has 0 bridgehead atoms. The second kappa shape index (κ2) is 7.50. The van der Waals surface area contributed by atoms with Gasteiger partial charge in [0.2, 0.25) is 5.13 Å². The van der Waals surface area contributed by atoms with Crippen LogP contribution < -0.4 is 14.8 Å². The summed E-state index contributed by atoms with van der Waals surface area (Å²) >= 11 is 1.19. The third kappa shape index (κ3) is 3.98. The van der Waals surface area contributed by atoms with E-state index in [0.717, 1.165) is 0 Å². The monoisotopic (exact) mass is 390 g/mol. The topological polar surface area (TPSA) is 110 Å². The summed E-state index contributed by atoms with van der Waals surface area (Å²) in [6.45, 7) is 0. The van der Waals surface area contributed by atoms with Gasteiger partial charge in [0.05, 0.1) is 17.7 Å². The zero-order valence-corrected chi connectivity index (χ0v) is 15.2. The number of rotatable bonds is 6. The number of carbonyl (C=O) groups is 1. The molecule has 0 saturated carbocycles. The van der Waals surface area contributed by atoms with Crippen LogP contribution in [0.5, 0.6) is 5.75 Å². The molecule has 0 radical (unpaired) electrons. The Morgan fingerprint density at radius 3 is 2.50 bits per heavy atom. The summed E-state index contributed by atoms with van der Waals surface area (Å²) in [5, 5.41) is 10.3. The molecule has 1 heterocycles. The van der Waals surface area contributed by atoms with Crippen molar-refractivity contribution in [3.8, 4) is 5.75 Å². The Bertz CT molecular complexity index is 1000. The Morgan fingerprint density at radius 2 is 1.85 bits per heavy atom. The van der Waals surface area contributed by atoms with E-state index < -0.39 is 15.9 Å². The van der Waals surface area contributed by atoms with Crippen LogP contribution in [0.15, 0.2) is 58.9 Å². The van der Waals surface area contributed by atoms with Gasteiger partial charge in [-0.3, -0.25) is 14.8 Å². The van der Waals surface area contributed by atoms with Crippen LogP contribution in [0.25, 0.3) is 0 Å². The van der Waals surface area contributed by atoms with Gasteiger partial charge < -0.3 is 4.74 Å². The maximum atomic E-state index is 12.5. The summed E-state index contributed by atoms with van der Waals surface area (Å²) in [7, 11) is -2.36. The first-order chi connectivity index (χ1) is 12.5. The van der Waals surface area contributed by atoms with E-state index in [9.17, 15) is 13.2 Å². The molecule has 2 aromatic carbocycles. The fourth-order valence-corrected chi connectivity index (χ4v) is 3.63. The summed E-state index contributed by atoms with van der Waals surface area (Å²) in [5.74, 6) is 0.00696. The maximum absolute atomic E-state index is 12.5. The van der Waals surface area contributed by atoms with E-state index in [1.54, 1.807) is 24.3 Å². The van der Waals surface area contributed by atoms with Crippen molar-refractivity contribution in [2.24, 2.45) is 0 Å². The quantitative estimate of drug-likeness (QED) is 0.669. The minimum Gasteiger partial charge on any atom is -0.495 e. The molecule has 2 N–H and O–H groups in total. The summed E-state index contributed by atoms with van der Waals surface area (Å²) in [5.41, 5.74) is 2.12. The molecule has 0 aliphatic rings. The first-order valence-electron chi connectivity index (χ1n) is 7.33. The molecule has 0 fully saturated rings. The lowest BCUT2D eigenvalue weighted by molar-refractivity contribution is 0.102. The van der Waals surface area contributed by atoms with Gasteiger partial charge in [0, 0.05) is 5.56 Å². The molecule has 10 heteroatoms. The largest absolute Gasteiger partial charge is 0.495 e. The lowest BCUT2D eigenvalue weighted by Gasteiger charge is -2.11. The number of benzene rings is 2. The van der Waals surface area contributed by atoms with Crippen molar-refractivity contribution in [3.63, 3.8) is 0 Å². The van der Waals surface area contributed by atoms with Crippen LogP contribution >= 0.6 is 11.3 Å². The number of hydrogen-bond acceptors (Lipinski definition) is 7. The molecule has 3 rings (SSSR count). The maximum Gasteiger partial charge on any atom is 0.262 e. The summed E-state index contributed by atoms with van der Waals surface area (Å²) in [4.78, 5) is 12.1. The second-order valence-electron chi connectivity index (χ2n) is 5.03. The number of nitrogens with zero attached hydrogens (tertiary/aromatic N) is 2. The number of hydrogen-bond donors (Lipinski definition) is 2. The number of aromatic nitrogens is 2. The highest BCUT2D eigenvalue weighted by molar-refractivity contribution is 7.92. The highest BCUT2D eigenvalue weighted by atomic mass is 32.2. The molecule has 0 saturated heterocycles. The molecule has 0 aliphatic heterocycles. The van der Waals surface area contributed by atoms with Crippen molar-refractivity contribution in [3.05, 3.63) is 59.6 Å². The van der Waals surface area contributed by atoms with Crippen molar-refractivity contribution in [2.75, 3.05) is 17.1 Å². The molecular weight excluding hydrogens is 376 g/mol. The number of para-hydroxylation sites is 2. The van der Waals surface area contributed by atoms with E-state index in [2.05, 4.69) is 20.2 Å². The van der Waals surface area contributed by atoms with Crippen LogP contribution in [-0.2, 0) is 10.0 Å². The fourth-order valence-electron chi connectivity index (χ4n) is 2.11. The Hall–Kier alpha value is -2.98. The average Bonchev–Trinajstić information content (AvgIpc) is 3.15. The first kappa shape index (κ1) is 17.8. The van der Waals surface area contributed by atoms with Gasteiger partial charge in [-0.15, -0.1) is 10.2 Å². The first-order valence-corrected chi connectivity index (χ1v) is 9.69. The molecule has 1 aromatic heterocycles. The van der Waals surface area contributed by atoms with E-state index in [-0.39, 0.29) is 4.90 Å². The number of carbonyl (C=O) groups excluding carboxylic acids is 1. The number of amides is 1. The van der Waals surface area contributed by atoms with Crippen molar-refractivity contribution < 1.29 is 17.9 Å². The number of ether oxygens (including phenoxy) is 1. The van der Waals surface area contributed by atoms with Gasteiger partial charge in [-0.05, 0) is 36.4 Å². The van der Waals surface area contributed by atoms with E-state index in [1.165, 1.54) is 48.2 Å². The third-order valence-corrected chi connectivity index (χ3v) is 5.35. The van der Waals surface area contributed by atoms with Gasteiger partial charge in [0.25, 0.3) is 15.9 Å². The van der Waals surface area contributed by atoms with Crippen molar-refractivity contribution in [2.45, 2.75) is 4.90 Å². The predicted octanol–water partition coefficient (Wildman–Crippen LogP) is 2.60. The van der Waals surface area contributed by atoms with Crippen LogP contribution in [0.4, 0.5) is 10.8 Å². The lowest BCUT2D eigenvalue weighted by atomic mass is 10.2. The minimum atomic E-state index is -3.82. The van der Waals surface area contributed by atoms with E-state index >= 15 is 0 Å². The Balaban J connectivity index is 1.77. The molecular formula is C16H14N4O4S2. The third-order valence-electron chi connectivity index (χ3n) is 3.36. The van der Waals surface area contributed by atoms with Crippen LogP contribution in [-0.4, -0.2) is 31.6 Å². The Kier molecular flexibility index (Phi) is 5.14.